The van der Waals surface area contributed by atoms with Crippen molar-refractivity contribution in [3.05, 3.63) is 12.7 Å². The predicted molar refractivity (Wildman–Crippen MR) is 74.0 cm³/mol. The highest BCUT2D eigenvalue weighted by Gasteiger charge is 2.44. The van der Waals surface area contributed by atoms with E-state index < -0.39 is 31.2 Å². The van der Waals surface area contributed by atoms with Gasteiger partial charge in [-0.15, -0.1) is 4.73 Å². The van der Waals surface area contributed by atoms with Crippen LogP contribution in [0.4, 0.5) is 5.82 Å². The molecule has 10 nitrogen and oxygen atoms in total. The van der Waals surface area contributed by atoms with Crippen molar-refractivity contribution in [3.63, 3.8) is 0 Å². The molecule has 3 heterocycles. The highest BCUT2D eigenvalue weighted by Crippen LogP contribution is 2.23. The first-order valence-electron chi connectivity index (χ1n) is 6.68. The van der Waals surface area contributed by atoms with Gasteiger partial charge in [0.1, 0.15) is 31.0 Å². The van der Waals surface area contributed by atoms with Gasteiger partial charge in [0, 0.05) is 14.1 Å². The van der Waals surface area contributed by atoms with Crippen molar-refractivity contribution in [1.82, 2.24) is 19.7 Å². The molecule has 0 aromatic carbocycles. The molecule has 1 aliphatic rings. The Bertz CT molecular complexity index is 662. The number of aliphatic hydroxyl groups is 3. The molecule has 1 saturated heterocycles. The van der Waals surface area contributed by atoms with Crippen molar-refractivity contribution in [3.8, 4) is 0 Å². The van der Waals surface area contributed by atoms with Crippen LogP contribution in [0.5, 0.6) is 0 Å². The third kappa shape index (κ3) is 2.35. The van der Waals surface area contributed by atoms with E-state index in [0.717, 1.165) is 0 Å². The lowest BCUT2D eigenvalue weighted by Crippen LogP contribution is -2.38. The summed E-state index contributed by atoms with van der Waals surface area (Å²) in [6, 6.07) is 0. The number of aromatic nitrogens is 4. The van der Waals surface area contributed by atoms with E-state index in [-0.39, 0.29) is 0 Å². The molecule has 1 aliphatic heterocycles. The molecule has 10 heteroatoms. The lowest BCUT2D eigenvalue weighted by Gasteiger charge is -2.16. The molecule has 3 N–H and O–H groups in total. The first-order chi connectivity index (χ1) is 10.5. The molecule has 2 aromatic rings. The van der Waals surface area contributed by atoms with E-state index in [9.17, 15) is 10.2 Å². The van der Waals surface area contributed by atoms with E-state index in [1.54, 1.807) is 4.90 Å². The molecule has 1 fully saturated rings. The van der Waals surface area contributed by atoms with E-state index in [0.29, 0.717) is 17.0 Å². The SMILES string of the molecule is CN(C)c1ncnc2c1ncn2O[C@@H]1O[C@H](CO)[C@@H](O)[C@@H]1O. The molecule has 4 atom stereocenters. The minimum Gasteiger partial charge on any atom is -0.394 e. The number of hydrogen-bond donors (Lipinski definition) is 3. The fourth-order valence-electron chi connectivity index (χ4n) is 2.27. The van der Waals surface area contributed by atoms with Crippen LogP contribution < -0.4 is 9.74 Å². The van der Waals surface area contributed by atoms with Crippen molar-refractivity contribution in [2.45, 2.75) is 24.6 Å². The van der Waals surface area contributed by atoms with E-state index in [2.05, 4.69) is 15.0 Å². The molecule has 22 heavy (non-hydrogen) atoms. The number of aliphatic hydroxyl groups excluding tert-OH is 3. The van der Waals surface area contributed by atoms with Crippen molar-refractivity contribution >= 4 is 17.0 Å². The Morgan fingerprint density at radius 3 is 2.68 bits per heavy atom. The number of imidazole rings is 1. The third-order valence-corrected chi connectivity index (χ3v) is 3.42. The summed E-state index contributed by atoms with van der Waals surface area (Å²) >= 11 is 0. The third-order valence-electron chi connectivity index (χ3n) is 3.42. The molecular weight excluding hydrogens is 294 g/mol. The average molecular weight is 311 g/mol. The molecule has 3 rings (SSSR count). The number of rotatable bonds is 4. The number of nitrogens with zero attached hydrogens (tertiary/aromatic N) is 5. The second-order valence-electron chi connectivity index (χ2n) is 5.15. The van der Waals surface area contributed by atoms with Crippen molar-refractivity contribution in [1.29, 1.82) is 0 Å². The normalized spacial score (nSPS) is 28.2. The highest BCUT2D eigenvalue weighted by molar-refractivity contribution is 5.82. The number of ether oxygens (including phenoxy) is 1. The summed E-state index contributed by atoms with van der Waals surface area (Å²) in [5, 5.41) is 28.7. The highest BCUT2D eigenvalue weighted by atomic mass is 16.8. The van der Waals surface area contributed by atoms with Gasteiger partial charge in [0.2, 0.25) is 5.65 Å². The molecule has 0 saturated carbocycles. The summed E-state index contributed by atoms with van der Waals surface area (Å²) in [5.41, 5.74) is 0.927. The second-order valence-corrected chi connectivity index (χ2v) is 5.15. The largest absolute Gasteiger partial charge is 0.394 e. The molecule has 0 radical (unpaired) electrons. The minimum atomic E-state index is -1.29. The van der Waals surface area contributed by atoms with Gasteiger partial charge in [-0.3, -0.25) is 0 Å². The zero-order valence-corrected chi connectivity index (χ0v) is 12.1. The van der Waals surface area contributed by atoms with Crippen LogP contribution in [-0.2, 0) is 4.74 Å². The zero-order chi connectivity index (χ0) is 15.9. The van der Waals surface area contributed by atoms with Crippen LogP contribution in [0.1, 0.15) is 0 Å². The Kier molecular flexibility index (Phi) is 3.83. The molecule has 2 aromatic heterocycles. The Hall–Kier alpha value is -2.01. The number of hydrogen-bond acceptors (Lipinski definition) is 9. The first kappa shape index (κ1) is 14.9. The molecular formula is C12H17N5O5. The summed E-state index contributed by atoms with van der Waals surface area (Å²) in [6.07, 6.45) is -1.80. The Balaban J connectivity index is 1.88. The van der Waals surface area contributed by atoms with Crippen molar-refractivity contribution in [2.75, 3.05) is 25.6 Å². The molecule has 0 amide bonds. The van der Waals surface area contributed by atoms with Gasteiger partial charge >= 0.3 is 0 Å². The molecule has 120 valence electrons. The van der Waals surface area contributed by atoms with E-state index in [1.165, 1.54) is 17.4 Å². The van der Waals surface area contributed by atoms with E-state index in [4.69, 9.17) is 14.7 Å². The predicted octanol–water partition coefficient (Wildman–Crippen LogP) is -2.24. The summed E-state index contributed by atoms with van der Waals surface area (Å²) in [7, 11) is 3.65. The van der Waals surface area contributed by atoms with Crippen LogP contribution in [0.3, 0.4) is 0 Å². The maximum absolute atomic E-state index is 9.89. The van der Waals surface area contributed by atoms with E-state index >= 15 is 0 Å². The Labute approximate surface area is 125 Å². The maximum Gasteiger partial charge on any atom is 0.254 e. The zero-order valence-electron chi connectivity index (χ0n) is 12.1. The van der Waals surface area contributed by atoms with Crippen LogP contribution >= 0.6 is 0 Å². The van der Waals surface area contributed by atoms with Crippen LogP contribution in [0, 0.1) is 0 Å². The van der Waals surface area contributed by atoms with Gasteiger partial charge in [0.15, 0.2) is 11.3 Å². The Morgan fingerprint density at radius 1 is 1.27 bits per heavy atom. The molecule has 0 bridgehead atoms. The molecule has 0 aliphatic carbocycles. The van der Waals surface area contributed by atoms with Gasteiger partial charge in [0.25, 0.3) is 6.29 Å². The number of fused-ring (bicyclic) bond motifs is 1. The topological polar surface area (TPSA) is 126 Å². The quantitative estimate of drug-likeness (QED) is 0.574. The fourth-order valence-corrected chi connectivity index (χ4v) is 2.27. The minimum absolute atomic E-state index is 0.399. The van der Waals surface area contributed by atoms with Gasteiger partial charge in [0.05, 0.1) is 6.61 Å². The van der Waals surface area contributed by atoms with Gasteiger partial charge in [-0.05, 0) is 0 Å². The van der Waals surface area contributed by atoms with E-state index in [1.807, 2.05) is 14.1 Å². The Morgan fingerprint density at radius 2 is 2.05 bits per heavy atom. The summed E-state index contributed by atoms with van der Waals surface area (Å²) < 4.78 is 6.50. The molecule has 0 unspecified atom stereocenters. The van der Waals surface area contributed by atoms with Crippen LogP contribution in [0.15, 0.2) is 12.7 Å². The van der Waals surface area contributed by atoms with Crippen LogP contribution in [0.2, 0.25) is 0 Å². The van der Waals surface area contributed by atoms with Gasteiger partial charge < -0.3 is 29.8 Å². The van der Waals surface area contributed by atoms with Crippen molar-refractivity contribution < 1.29 is 24.9 Å². The van der Waals surface area contributed by atoms with Crippen molar-refractivity contribution in [2.24, 2.45) is 0 Å². The lowest BCUT2D eigenvalue weighted by atomic mass is 10.1. The number of anilines is 1. The first-order valence-corrected chi connectivity index (χ1v) is 6.68. The fraction of sp³-hybridized carbons (Fsp3) is 0.583. The van der Waals surface area contributed by atoms with Gasteiger partial charge in [-0.2, -0.15) is 0 Å². The van der Waals surface area contributed by atoms with Crippen LogP contribution in [0.25, 0.3) is 11.2 Å². The molecule has 0 spiro atoms. The average Bonchev–Trinajstić information content (AvgIpc) is 3.03. The summed E-state index contributed by atoms with van der Waals surface area (Å²) in [6.45, 7) is -0.421. The smallest absolute Gasteiger partial charge is 0.254 e. The maximum atomic E-state index is 9.89. The van der Waals surface area contributed by atoms with Gasteiger partial charge in [-0.1, -0.05) is 0 Å². The second kappa shape index (κ2) is 5.65. The summed E-state index contributed by atoms with van der Waals surface area (Å²) in [4.78, 5) is 19.7. The lowest BCUT2D eigenvalue weighted by molar-refractivity contribution is -0.169. The van der Waals surface area contributed by atoms with Crippen LogP contribution in [-0.4, -0.2) is 80.3 Å². The summed E-state index contributed by atoms with van der Waals surface area (Å²) in [5.74, 6) is 0.619. The monoisotopic (exact) mass is 311 g/mol. The van der Waals surface area contributed by atoms with Gasteiger partial charge in [-0.25, -0.2) is 15.0 Å². The standard InChI is InChI=1S/C12H17N5O5/c1-16(2)10-7-11(14-4-13-10)17(5-15-7)22-12-9(20)8(19)6(3-18)21-12/h4-6,8-9,12,18-20H,3H2,1-2H3/t6-,8-,9+,12+/m1/s1.